The van der Waals surface area contributed by atoms with Crippen LogP contribution in [0.2, 0.25) is 0 Å². The van der Waals surface area contributed by atoms with E-state index in [0.29, 0.717) is 18.9 Å². The number of nitrogens with one attached hydrogen (secondary N) is 4. The maximum atomic E-state index is 12.5. The number of amides is 3. The summed E-state index contributed by atoms with van der Waals surface area (Å²) in [5.41, 5.74) is 2.24. The number of carbonyl (C=O) groups is 5. The molecule has 1 aromatic carbocycles. The highest BCUT2D eigenvalue weighted by Crippen LogP contribution is 2.31. The number of piperidine rings is 1. The van der Waals surface area contributed by atoms with Crippen LogP contribution in [0.15, 0.2) is 22.7 Å². The van der Waals surface area contributed by atoms with E-state index in [4.69, 9.17) is 25.2 Å². The first kappa shape index (κ1) is 44.0. The summed E-state index contributed by atoms with van der Waals surface area (Å²) in [5.74, 6) is 0.333. The molecule has 1 aliphatic heterocycles. The van der Waals surface area contributed by atoms with Crippen LogP contribution in [-0.2, 0) is 30.4 Å². The van der Waals surface area contributed by atoms with Crippen molar-refractivity contribution in [1.29, 1.82) is 5.41 Å². The van der Waals surface area contributed by atoms with E-state index in [2.05, 4.69) is 59.4 Å². The lowest BCUT2D eigenvalue weighted by Gasteiger charge is -2.33. The number of nitrogens with zero attached hydrogens (tertiary/aromatic N) is 1. The van der Waals surface area contributed by atoms with Gasteiger partial charge in [-0.1, -0.05) is 56.6 Å². The summed E-state index contributed by atoms with van der Waals surface area (Å²) < 4.78 is 1.01. The molecule has 6 N–H and O–H groups in total. The quantitative estimate of drug-likeness (QED) is 0.155. The molecule has 0 unspecified atom stereocenters. The van der Waals surface area contributed by atoms with Gasteiger partial charge in [0.15, 0.2) is 0 Å². The molecule has 0 saturated carbocycles. The molecule has 1 aromatic rings. The van der Waals surface area contributed by atoms with Crippen molar-refractivity contribution >= 4 is 59.0 Å². The summed E-state index contributed by atoms with van der Waals surface area (Å²) >= 11 is 3.66. The summed E-state index contributed by atoms with van der Waals surface area (Å²) in [6.07, 6.45) is 4.38. The van der Waals surface area contributed by atoms with Gasteiger partial charge in [-0.05, 0) is 68.4 Å². The Bertz CT molecular complexity index is 928. The number of hydrogen-bond acceptors (Lipinski definition) is 7. The Morgan fingerprint density at radius 2 is 1.53 bits per heavy atom. The van der Waals surface area contributed by atoms with Gasteiger partial charge in [-0.2, -0.15) is 0 Å². The molecule has 0 aliphatic carbocycles. The normalized spacial score (nSPS) is 12.0. The van der Waals surface area contributed by atoms with E-state index in [1.807, 2.05) is 43.9 Å². The van der Waals surface area contributed by atoms with E-state index >= 15 is 0 Å². The van der Waals surface area contributed by atoms with Gasteiger partial charge in [-0.15, -0.1) is 0 Å². The Balaban J connectivity index is -0.00000142. The molecule has 3 amide bonds. The summed E-state index contributed by atoms with van der Waals surface area (Å²) in [6, 6.07) is 5.93. The van der Waals surface area contributed by atoms with Gasteiger partial charge in [0.2, 0.25) is 17.7 Å². The first-order valence-corrected chi connectivity index (χ1v) is 15.0. The number of benzene rings is 1. The highest BCUT2D eigenvalue weighted by atomic mass is 79.9. The number of likely N-dealkylation sites (N-methyl/N-ethyl adjacent to an activating group) is 1. The molecule has 2 rings (SSSR count). The van der Waals surface area contributed by atoms with E-state index in [-0.39, 0.29) is 49.2 Å². The fourth-order valence-electron chi connectivity index (χ4n) is 3.92. The molecule has 1 aliphatic rings. The van der Waals surface area contributed by atoms with Crippen LogP contribution >= 0.6 is 15.9 Å². The number of likely N-dealkylation sites (tertiary alicyclic amines) is 1. The monoisotopic (exact) mass is 673 g/mol. The standard InChI is InChI=1S/C25H39BrN4O3.C2H6.CH3N.2CH2O2/c1-5-27-22(31)17-29-23(32)16-28-21-8-6-7-20(26)19(21)15-18-10-13-30(14-11-18)24(33)9-12-25(2,3)4;2*1-2;2*2-1-3/h6-8,18,28H,5,9-17H2,1-4H3,(H,27,31)(H,29,32);1-2H3;2H,1H2;2*1H,(H,2,3). The molecule has 246 valence electrons. The Kier molecular flexibility index (Phi) is 28.0. The third-order valence-electron chi connectivity index (χ3n) is 5.93. The second kappa shape index (κ2) is 27.4. The van der Waals surface area contributed by atoms with Crippen LogP contribution in [-0.4, -0.2) is 85.2 Å². The predicted octanol–water partition coefficient (Wildman–Crippen LogP) is 4.41. The molecular formula is C30H52BrN5O7. The Morgan fingerprint density at radius 1 is 1.02 bits per heavy atom. The van der Waals surface area contributed by atoms with Crippen LogP contribution in [0.3, 0.4) is 0 Å². The number of hydrogen-bond donors (Lipinski definition) is 6. The number of rotatable bonds is 10. The van der Waals surface area contributed by atoms with Crippen LogP contribution < -0.4 is 16.0 Å². The van der Waals surface area contributed by atoms with E-state index in [9.17, 15) is 14.4 Å². The zero-order valence-electron chi connectivity index (χ0n) is 26.5. The van der Waals surface area contributed by atoms with Crippen molar-refractivity contribution in [3.8, 4) is 0 Å². The molecule has 1 saturated heterocycles. The molecule has 1 fully saturated rings. The molecule has 13 heteroatoms. The number of anilines is 1. The molecule has 0 spiro atoms. The van der Waals surface area contributed by atoms with E-state index < -0.39 is 0 Å². The van der Waals surface area contributed by atoms with Gasteiger partial charge in [0.05, 0.1) is 13.1 Å². The highest BCUT2D eigenvalue weighted by Gasteiger charge is 2.25. The van der Waals surface area contributed by atoms with Crippen LogP contribution in [0.4, 0.5) is 5.69 Å². The number of carbonyl (C=O) groups excluding carboxylic acids is 3. The lowest BCUT2D eigenvalue weighted by atomic mass is 9.88. The average molecular weight is 675 g/mol. The van der Waals surface area contributed by atoms with Gasteiger partial charge < -0.3 is 36.5 Å². The Labute approximate surface area is 265 Å². The average Bonchev–Trinajstić information content (AvgIpc) is 2.98. The molecule has 43 heavy (non-hydrogen) atoms. The zero-order valence-corrected chi connectivity index (χ0v) is 28.1. The lowest BCUT2D eigenvalue weighted by molar-refractivity contribution is -0.133. The topological polar surface area (TPSA) is 189 Å². The van der Waals surface area contributed by atoms with E-state index in [1.165, 1.54) is 0 Å². The van der Waals surface area contributed by atoms with Crippen molar-refractivity contribution in [2.75, 3.05) is 38.0 Å². The summed E-state index contributed by atoms with van der Waals surface area (Å²) in [5, 5.41) is 27.8. The van der Waals surface area contributed by atoms with Crippen LogP contribution in [0.1, 0.15) is 72.8 Å². The minimum atomic E-state index is -0.250. The van der Waals surface area contributed by atoms with E-state index in [0.717, 1.165) is 54.5 Å². The molecular weight excluding hydrogens is 622 g/mol. The second-order valence-corrected chi connectivity index (χ2v) is 11.0. The van der Waals surface area contributed by atoms with Gasteiger partial charge >= 0.3 is 0 Å². The summed E-state index contributed by atoms with van der Waals surface area (Å²) in [6.45, 7) is 16.6. The van der Waals surface area contributed by atoms with Crippen molar-refractivity contribution in [3.63, 3.8) is 0 Å². The molecule has 0 radical (unpaired) electrons. The SMILES string of the molecule is C=N.CC.CCNC(=O)CNC(=O)CNc1cccc(Br)c1CC1CCN(C(=O)CCC(C)(C)C)CC1.O=CO.O=CO. The largest absolute Gasteiger partial charge is 0.483 e. The van der Waals surface area contributed by atoms with Crippen molar-refractivity contribution in [2.45, 2.75) is 73.6 Å². The second-order valence-electron chi connectivity index (χ2n) is 10.1. The van der Waals surface area contributed by atoms with Crippen LogP contribution in [0.5, 0.6) is 0 Å². The van der Waals surface area contributed by atoms with Gasteiger partial charge in [0, 0.05) is 36.2 Å². The molecule has 1 heterocycles. The fourth-order valence-corrected chi connectivity index (χ4v) is 4.45. The Hall–Kier alpha value is -3.48. The van der Waals surface area contributed by atoms with Gasteiger partial charge in [0.1, 0.15) is 0 Å². The highest BCUT2D eigenvalue weighted by molar-refractivity contribution is 9.10. The van der Waals surface area contributed by atoms with Gasteiger partial charge in [-0.3, -0.25) is 24.0 Å². The predicted molar refractivity (Wildman–Crippen MR) is 175 cm³/mol. The zero-order chi connectivity index (χ0) is 33.8. The molecule has 0 aromatic heterocycles. The van der Waals surface area contributed by atoms with Gasteiger partial charge in [0.25, 0.3) is 12.9 Å². The van der Waals surface area contributed by atoms with Crippen molar-refractivity contribution < 1.29 is 34.2 Å². The minimum Gasteiger partial charge on any atom is -0.483 e. The molecule has 0 bridgehead atoms. The van der Waals surface area contributed by atoms with Crippen molar-refractivity contribution in [3.05, 3.63) is 28.2 Å². The lowest BCUT2D eigenvalue weighted by Crippen LogP contribution is -2.39. The first-order chi connectivity index (χ1) is 20.4. The third kappa shape index (κ3) is 22.8. The Morgan fingerprint density at radius 3 is 2.02 bits per heavy atom. The fraction of sp³-hybridized carbons (Fsp3) is 0.600. The number of halogens is 1. The summed E-state index contributed by atoms with van der Waals surface area (Å²) in [7, 11) is 0. The maximum Gasteiger partial charge on any atom is 0.290 e. The smallest absolute Gasteiger partial charge is 0.290 e. The number of carboxylic acid groups (broad SMARTS) is 2. The first-order valence-electron chi connectivity index (χ1n) is 14.3. The van der Waals surface area contributed by atoms with Crippen LogP contribution in [0.25, 0.3) is 0 Å². The van der Waals surface area contributed by atoms with Gasteiger partial charge in [-0.25, -0.2) is 0 Å². The minimum absolute atomic E-state index is 0.0211. The summed E-state index contributed by atoms with van der Waals surface area (Å²) in [4.78, 5) is 54.9. The molecule has 0 atom stereocenters. The third-order valence-corrected chi connectivity index (χ3v) is 6.67. The van der Waals surface area contributed by atoms with E-state index in [1.54, 1.807) is 0 Å². The maximum absolute atomic E-state index is 12.5. The van der Waals surface area contributed by atoms with Crippen molar-refractivity contribution in [1.82, 2.24) is 15.5 Å². The van der Waals surface area contributed by atoms with Crippen molar-refractivity contribution in [2.24, 2.45) is 11.3 Å². The van der Waals surface area contributed by atoms with Crippen LogP contribution in [0, 0.1) is 16.7 Å². The molecule has 12 nitrogen and oxygen atoms in total.